The second-order valence-corrected chi connectivity index (χ2v) is 7.37. The Hall–Kier alpha value is -3.48. The molecule has 1 amide bonds. The molecule has 0 aliphatic rings. The molecule has 2 aromatic carbocycles. The van der Waals surface area contributed by atoms with Gasteiger partial charge in [0.15, 0.2) is 0 Å². The molecule has 0 aliphatic carbocycles. The van der Waals surface area contributed by atoms with Crippen LogP contribution in [0.4, 0.5) is 4.39 Å². The van der Waals surface area contributed by atoms with Crippen molar-refractivity contribution in [3.05, 3.63) is 78.6 Å². The molecule has 156 valence electrons. The minimum absolute atomic E-state index is 0.131. The molecule has 3 rings (SSSR count). The largest absolute Gasteiger partial charge is 0.464 e. The van der Waals surface area contributed by atoms with Gasteiger partial charge in [-0.25, -0.2) is 14.2 Å². The highest BCUT2D eigenvalue weighted by molar-refractivity contribution is 5.97. The number of carbonyl (C=O) groups is 2. The molecule has 0 fully saturated rings. The van der Waals surface area contributed by atoms with Crippen molar-refractivity contribution in [3.63, 3.8) is 0 Å². The van der Waals surface area contributed by atoms with Gasteiger partial charge in [0, 0.05) is 12.4 Å². The van der Waals surface area contributed by atoms with Gasteiger partial charge in [-0.05, 0) is 29.2 Å². The van der Waals surface area contributed by atoms with Crippen LogP contribution >= 0.6 is 0 Å². The van der Waals surface area contributed by atoms with Crippen molar-refractivity contribution in [2.75, 3.05) is 6.61 Å². The number of hydrogen-bond acceptors (Lipinski definition) is 4. The minimum Gasteiger partial charge on any atom is -0.464 e. The maximum atomic E-state index is 14.7. The number of aromatic nitrogens is 2. The number of imidazole rings is 1. The lowest BCUT2D eigenvalue weighted by molar-refractivity contribution is -0.147. The average Bonchev–Trinajstić information content (AvgIpc) is 3.25. The van der Waals surface area contributed by atoms with Crippen molar-refractivity contribution in [2.45, 2.75) is 26.4 Å². The van der Waals surface area contributed by atoms with E-state index in [-0.39, 0.29) is 24.6 Å². The highest BCUT2D eigenvalue weighted by atomic mass is 19.1. The highest BCUT2D eigenvalue weighted by Crippen LogP contribution is 2.21. The van der Waals surface area contributed by atoms with Crippen molar-refractivity contribution >= 4 is 11.9 Å². The Morgan fingerprint density at radius 3 is 2.53 bits per heavy atom. The lowest BCUT2D eigenvalue weighted by atomic mass is 10.0. The van der Waals surface area contributed by atoms with E-state index in [2.05, 4.69) is 10.3 Å². The molecular weight excluding hydrogens is 385 g/mol. The normalized spacial score (nSPS) is 11.9. The summed E-state index contributed by atoms with van der Waals surface area (Å²) in [5.41, 5.74) is 1.37. The van der Waals surface area contributed by atoms with Gasteiger partial charge in [-0.15, -0.1) is 0 Å². The summed E-state index contributed by atoms with van der Waals surface area (Å²) in [5, 5.41) is 2.59. The Morgan fingerprint density at radius 2 is 1.90 bits per heavy atom. The number of ether oxygens (including phenoxy) is 1. The second kappa shape index (κ2) is 9.82. The maximum Gasteiger partial charge on any atom is 0.330 e. The summed E-state index contributed by atoms with van der Waals surface area (Å²) in [6, 6.07) is 12.7. The van der Waals surface area contributed by atoms with Gasteiger partial charge in [0.25, 0.3) is 5.91 Å². The molecule has 3 aromatic rings. The number of amides is 1. The number of esters is 1. The van der Waals surface area contributed by atoms with E-state index >= 15 is 0 Å². The van der Waals surface area contributed by atoms with Crippen LogP contribution in [-0.4, -0.2) is 34.1 Å². The number of carbonyl (C=O) groups excluding carboxylic acids is 2. The molecule has 0 bridgehead atoms. The topological polar surface area (TPSA) is 73.2 Å². The molecule has 1 N–H and O–H groups in total. The zero-order valence-electron chi connectivity index (χ0n) is 16.9. The smallest absolute Gasteiger partial charge is 0.330 e. The molecule has 0 saturated carbocycles. The third-order valence-corrected chi connectivity index (χ3v) is 4.42. The van der Waals surface area contributed by atoms with E-state index in [1.54, 1.807) is 23.0 Å². The van der Waals surface area contributed by atoms with Gasteiger partial charge in [0.2, 0.25) is 0 Å². The second-order valence-electron chi connectivity index (χ2n) is 7.37. The molecule has 1 atom stereocenters. The molecule has 0 radical (unpaired) electrons. The fourth-order valence-electron chi connectivity index (χ4n) is 2.88. The Bertz CT molecular complexity index is 988. The summed E-state index contributed by atoms with van der Waals surface area (Å²) in [5.74, 6) is -1.77. The maximum absolute atomic E-state index is 14.7. The van der Waals surface area contributed by atoms with E-state index in [9.17, 15) is 14.0 Å². The standard InChI is InChI=1S/C23H24FN3O3/c1-16(2)14-30-23(29)21(13-27-11-10-25-15-27)26-22(28)19-9-8-18(12-20(19)24)17-6-4-3-5-7-17/h3-12,15-16,21H,13-14H2,1-2H3,(H,26,28)/t21-/m0/s1. The van der Waals surface area contributed by atoms with E-state index in [1.807, 2.05) is 44.2 Å². The summed E-state index contributed by atoms with van der Waals surface area (Å²) in [7, 11) is 0. The molecule has 0 spiro atoms. The Morgan fingerprint density at radius 1 is 1.13 bits per heavy atom. The lowest BCUT2D eigenvalue weighted by Crippen LogP contribution is -2.45. The Kier molecular flexibility index (Phi) is 6.95. The van der Waals surface area contributed by atoms with Gasteiger partial charge in [-0.2, -0.15) is 0 Å². The van der Waals surface area contributed by atoms with Crippen molar-refractivity contribution < 1.29 is 18.7 Å². The van der Waals surface area contributed by atoms with Crippen LogP contribution in [0, 0.1) is 11.7 Å². The van der Waals surface area contributed by atoms with Crippen LogP contribution in [0.2, 0.25) is 0 Å². The van der Waals surface area contributed by atoms with Crippen LogP contribution in [0.25, 0.3) is 11.1 Å². The number of rotatable bonds is 8. The fourth-order valence-corrected chi connectivity index (χ4v) is 2.88. The molecule has 0 aliphatic heterocycles. The summed E-state index contributed by atoms with van der Waals surface area (Å²) in [6.45, 7) is 4.20. The number of hydrogen-bond donors (Lipinski definition) is 1. The molecular formula is C23H24FN3O3. The van der Waals surface area contributed by atoms with Crippen LogP contribution < -0.4 is 5.32 Å². The van der Waals surface area contributed by atoms with Crippen LogP contribution in [0.1, 0.15) is 24.2 Å². The fraction of sp³-hybridized carbons (Fsp3) is 0.261. The number of nitrogens with one attached hydrogen (secondary N) is 1. The zero-order valence-corrected chi connectivity index (χ0v) is 16.9. The number of benzene rings is 2. The first-order valence-electron chi connectivity index (χ1n) is 9.72. The first-order valence-corrected chi connectivity index (χ1v) is 9.72. The quantitative estimate of drug-likeness (QED) is 0.576. The van der Waals surface area contributed by atoms with Gasteiger partial charge < -0.3 is 14.6 Å². The number of nitrogens with zero attached hydrogens (tertiary/aromatic N) is 2. The van der Waals surface area contributed by atoms with Crippen LogP contribution in [-0.2, 0) is 16.1 Å². The predicted molar refractivity (Wildman–Crippen MR) is 111 cm³/mol. The molecule has 7 heteroatoms. The van der Waals surface area contributed by atoms with E-state index in [0.29, 0.717) is 5.56 Å². The first kappa shape index (κ1) is 21.2. The minimum atomic E-state index is -0.973. The zero-order chi connectivity index (χ0) is 21.5. The molecule has 0 unspecified atom stereocenters. The molecule has 1 heterocycles. The van der Waals surface area contributed by atoms with Crippen LogP contribution in [0.15, 0.2) is 67.3 Å². The lowest BCUT2D eigenvalue weighted by Gasteiger charge is -2.19. The average molecular weight is 409 g/mol. The molecule has 6 nitrogen and oxygen atoms in total. The van der Waals surface area contributed by atoms with Gasteiger partial charge in [-0.1, -0.05) is 50.2 Å². The number of halogens is 1. The van der Waals surface area contributed by atoms with Gasteiger partial charge in [0.05, 0.1) is 25.0 Å². The third-order valence-electron chi connectivity index (χ3n) is 4.42. The van der Waals surface area contributed by atoms with Crippen LogP contribution in [0.3, 0.4) is 0 Å². The van der Waals surface area contributed by atoms with E-state index in [1.165, 1.54) is 18.5 Å². The summed E-state index contributed by atoms with van der Waals surface area (Å²) >= 11 is 0. The van der Waals surface area contributed by atoms with E-state index < -0.39 is 23.7 Å². The van der Waals surface area contributed by atoms with Gasteiger partial charge in [-0.3, -0.25) is 4.79 Å². The first-order chi connectivity index (χ1) is 14.4. The van der Waals surface area contributed by atoms with Crippen LogP contribution in [0.5, 0.6) is 0 Å². The SMILES string of the molecule is CC(C)COC(=O)[C@H](Cn1ccnc1)NC(=O)c1ccc(-c2ccccc2)cc1F. The van der Waals surface area contributed by atoms with Crippen molar-refractivity contribution in [1.29, 1.82) is 0 Å². The highest BCUT2D eigenvalue weighted by Gasteiger charge is 2.25. The third kappa shape index (κ3) is 5.53. The summed E-state index contributed by atoms with van der Waals surface area (Å²) < 4.78 is 21.6. The van der Waals surface area contributed by atoms with Crippen molar-refractivity contribution in [1.82, 2.24) is 14.9 Å². The Balaban J connectivity index is 1.76. The molecule has 0 saturated heterocycles. The molecule has 1 aromatic heterocycles. The van der Waals surface area contributed by atoms with Gasteiger partial charge in [0.1, 0.15) is 11.9 Å². The van der Waals surface area contributed by atoms with E-state index in [0.717, 1.165) is 5.56 Å². The predicted octanol–water partition coefficient (Wildman–Crippen LogP) is 3.69. The van der Waals surface area contributed by atoms with Crippen molar-refractivity contribution in [3.8, 4) is 11.1 Å². The molecule has 30 heavy (non-hydrogen) atoms. The summed E-state index contributed by atoms with van der Waals surface area (Å²) in [4.78, 5) is 29.1. The Labute approximate surface area is 174 Å². The summed E-state index contributed by atoms with van der Waals surface area (Å²) in [6.07, 6.45) is 4.77. The monoisotopic (exact) mass is 409 g/mol. The van der Waals surface area contributed by atoms with Crippen molar-refractivity contribution in [2.24, 2.45) is 5.92 Å². The van der Waals surface area contributed by atoms with E-state index in [4.69, 9.17) is 4.74 Å². The van der Waals surface area contributed by atoms with Gasteiger partial charge >= 0.3 is 5.97 Å².